The van der Waals surface area contributed by atoms with E-state index in [4.69, 9.17) is 10.2 Å². The van der Waals surface area contributed by atoms with Crippen LogP contribution < -0.4 is 10.5 Å². The fourth-order valence-corrected chi connectivity index (χ4v) is 2.98. The minimum atomic E-state index is -3.20. The first-order chi connectivity index (χ1) is 9.89. The molecule has 3 N–H and O–H groups in total. The van der Waals surface area contributed by atoms with Crippen LogP contribution in [0.25, 0.3) is 0 Å². The van der Waals surface area contributed by atoms with Gasteiger partial charge in [-0.05, 0) is 30.9 Å². The van der Waals surface area contributed by atoms with E-state index in [0.29, 0.717) is 25.4 Å². The molecule has 1 aliphatic rings. The molecule has 0 spiro atoms. The number of nitrogens with zero attached hydrogens (tertiary/aromatic N) is 1. The highest BCUT2D eigenvalue weighted by atomic mass is 32.2. The number of nitrogens with two attached hydrogens (primary N) is 1. The molecule has 1 aromatic rings. The van der Waals surface area contributed by atoms with Crippen LogP contribution in [0, 0.1) is 5.92 Å². The fraction of sp³-hybridized carbons (Fsp3) is 0.615. The Morgan fingerprint density at radius 1 is 1.52 bits per heavy atom. The summed E-state index contributed by atoms with van der Waals surface area (Å²) in [6, 6.07) is 3.32. The first-order valence-electron chi connectivity index (χ1n) is 6.91. The number of carbonyl (C=O) groups excluding carboxylic acids is 1. The first-order valence-corrected chi connectivity index (χ1v) is 8.81. The Morgan fingerprint density at radius 3 is 2.90 bits per heavy atom. The smallest absolute Gasteiger partial charge is 0.289 e. The van der Waals surface area contributed by atoms with Crippen LogP contribution in [-0.4, -0.2) is 45.1 Å². The van der Waals surface area contributed by atoms with Crippen LogP contribution in [0.2, 0.25) is 0 Å². The van der Waals surface area contributed by atoms with Crippen LogP contribution in [0.1, 0.15) is 29.2 Å². The average Bonchev–Trinajstić information content (AvgIpc) is 2.93. The van der Waals surface area contributed by atoms with E-state index in [0.717, 1.165) is 19.1 Å². The number of furan rings is 1. The van der Waals surface area contributed by atoms with E-state index >= 15 is 0 Å². The Balaban J connectivity index is 1.95. The lowest BCUT2D eigenvalue weighted by atomic mass is 9.98. The van der Waals surface area contributed by atoms with Gasteiger partial charge in [0.1, 0.15) is 5.76 Å². The standard InChI is InChI=1S/C13H21N3O4S/c1-21(18,19)15-8-10-3-2-6-16(9-10)13(17)12-5-4-11(7-14)20-12/h4-5,10,15H,2-3,6-9,14H2,1H3. The SMILES string of the molecule is CS(=O)(=O)NCC1CCCN(C(=O)c2ccc(CN)o2)C1. The topological polar surface area (TPSA) is 106 Å². The van der Waals surface area contributed by atoms with E-state index < -0.39 is 10.0 Å². The van der Waals surface area contributed by atoms with Crippen LogP contribution in [-0.2, 0) is 16.6 Å². The zero-order valence-electron chi connectivity index (χ0n) is 12.0. The van der Waals surface area contributed by atoms with Crippen molar-refractivity contribution in [1.82, 2.24) is 9.62 Å². The number of amides is 1. The molecular formula is C13H21N3O4S. The van der Waals surface area contributed by atoms with Crippen molar-refractivity contribution in [3.8, 4) is 0 Å². The Hall–Kier alpha value is -1.38. The van der Waals surface area contributed by atoms with E-state index in [1.54, 1.807) is 17.0 Å². The molecule has 2 heterocycles. The third-order valence-electron chi connectivity index (χ3n) is 3.51. The molecule has 1 aliphatic heterocycles. The third kappa shape index (κ3) is 4.55. The van der Waals surface area contributed by atoms with Gasteiger partial charge in [-0.1, -0.05) is 0 Å². The maximum atomic E-state index is 12.3. The van der Waals surface area contributed by atoms with Gasteiger partial charge < -0.3 is 15.1 Å². The van der Waals surface area contributed by atoms with Gasteiger partial charge in [-0.15, -0.1) is 0 Å². The number of likely N-dealkylation sites (tertiary alicyclic amines) is 1. The van der Waals surface area contributed by atoms with Gasteiger partial charge in [0.05, 0.1) is 12.8 Å². The number of rotatable bonds is 5. The minimum absolute atomic E-state index is 0.126. The molecule has 1 amide bonds. The van der Waals surface area contributed by atoms with Gasteiger partial charge in [-0.2, -0.15) is 0 Å². The van der Waals surface area contributed by atoms with Crippen molar-refractivity contribution in [2.45, 2.75) is 19.4 Å². The van der Waals surface area contributed by atoms with Crippen molar-refractivity contribution in [3.63, 3.8) is 0 Å². The van der Waals surface area contributed by atoms with E-state index in [1.807, 2.05) is 0 Å². The summed E-state index contributed by atoms with van der Waals surface area (Å²) >= 11 is 0. The van der Waals surface area contributed by atoms with Crippen LogP contribution >= 0.6 is 0 Å². The molecule has 0 aromatic carbocycles. The maximum Gasteiger partial charge on any atom is 0.289 e. The molecule has 2 rings (SSSR count). The van der Waals surface area contributed by atoms with Crippen LogP contribution in [0.5, 0.6) is 0 Å². The number of hydrogen-bond donors (Lipinski definition) is 2. The lowest BCUT2D eigenvalue weighted by molar-refractivity contribution is 0.0642. The Labute approximate surface area is 124 Å². The first kappa shape index (κ1) is 16.0. The molecule has 8 heteroatoms. The molecule has 0 aliphatic carbocycles. The molecule has 1 atom stereocenters. The van der Waals surface area contributed by atoms with Crippen molar-refractivity contribution in [1.29, 1.82) is 0 Å². The monoisotopic (exact) mass is 315 g/mol. The molecule has 0 radical (unpaired) electrons. The molecule has 21 heavy (non-hydrogen) atoms. The van der Waals surface area contributed by atoms with Crippen molar-refractivity contribution in [3.05, 3.63) is 23.7 Å². The highest BCUT2D eigenvalue weighted by molar-refractivity contribution is 7.88. The summed E-state index contributed by atoms with van der Waals surface area (Å²) in [6.45, 7) is 1.80. The molecule has 1 aromatic heterocycles. The lowest BCUT2D eigenvalue weighted by Gasteiger charge is -2.32. The van der Waals surface area contributed by atoms with Crippen molar-refractivity contribution in [2.24, 2.45) is 11.7 Å². The summed E-state index contributed by atoms with van der Waals surface area (Å²) in [5.74, 6) is 0.818. The Morgan fingerprint density at radius 2 is 2.29 bits per heavy atom. The van der Waals surface area contributed by atoms with E-state index in [-0.39, 0.29) is 24.1 Å². The number of sulfonamides is 1. The lowest BCUT2D eigenvalue weighted by Crippen LogP contribution is -2.43. The zero-order chi connectivity index (χ0) is 15.5. The zero-order valence-corrected chi connectivity index (χ0v) is 12.9. The second kappa shape index (κ2) is 6.59. The van der Waals surface area contributed by atoms with Crippen LogP contribution in [0.4, 0.5) is 0 Å². The summed E-state index contributed by atoms with van der Waals surface area (Å²) in [5, 5.41) is 0. The third-order valence-corrected chi connectivity index (χ3v) is 4.21. The molecule has 7 nitrogen and oxygen atoms in total. The number of hydrogen-bond acceptors (Lipinski definition) is 5. The Bertz CT molecular complexity index is 596. The fourth-order valence-electron chi connectivity index (χ4n) is 2.44. The molecule has 1 unspecified atom stereocenters. The molecular weight excluding hydrogens is 294 g/mol. The maximum absolute atomic E-state index is 12.3. The average molecular weight is 315 g/mol. The molecule has 1 saturated heterocycles. The molecule has 0 bridgehead atoms. The normalized spacial score (nSPS) is 19.7. The van der Waals surface area contributed by atoms with Crippen molar-refractivity contribution in [2.75, 3.05) is 25.9 Å². The second-order valence-corrected chi connectivity index (χ2v) is 7.18. The predicted molar refractivity (Wildman–Crippen MR) is 78.1 cm³/mol. The summed E-state index contributed by atoms with van der Waals surface area (Å²) < 4.78 is 30.1. The largest absolute Gasteiger partial charge is 0.455 e. The van der Waals surface area contributed by atoms with E-state index in [1.165, 1.54) is 0 Å². The van der Waals surface area contributed by atoms with Gasteiger partial charge >= 0.3 is 0 Å². The second-order valence-electron chi connectivity index (χ2n) is 5.35. The summed E-state index contributed by atoms with van der Waals surface area (Å²) in [5.41, 5.74) is 5.46. The summed E-state index contributed by atoms with van der Waals surface area (Å²) in [6.07, 6.45) is 2.89. The number of carbonyl (C=O) groups is 1. The quantitative estimate of drug-likeness (QED) is 0.804. The highest BCUT2D eigenvalue weighted by Crippen LogP contribution is 2.19. The van der Waals surface area contributed by atoms with Gasteiger partial charge in [0.25, 0.3) is 5.91 Å². The van der Waals surface area contributed by atoms with E-state index in [9.17, 15) is 13.2 Å². The molecule has 1 fully saturated rings. The van der Waals surface area contributed by atoms with E-state index in [2.05, 4.69) is 4.72 Å². The van der Waals surface area contributed by atoms with Crippen LogP contribution in [0.3, 0.4) is 0 Å². The Kier molecular flexibility index (Phi) is 5.02. The number of piperidine rings is 1. The van der Waals surface area contributed by atoms with Gasteiger partial charge in [-0.25, -0.2) is 13.1 Å². The van der Waals surface area contributed by atoms with Gasteiger partial charge in [0.2, 0.25) is 10.0 Å². The molecule has 0 saturated carbocycles. The predicted octanol–water partition coefficient (Wildman–Crippen LogP) is 0.140. The van der Waals surface area contributed by atoms with Gasteiger partial charge in [0.15, 0.2) is 5.76 Å². The van der Waals surface area contributed by atoms with Gasteiger partial charge in [-0.3, -0.25) is 4.79 Å². The summed E-state index contributed by atoms with van der Waals surface area (Å²) in [7, 11) is -3.20. The van der Waals surface area contributed by atoms with Crippen LogP contribution in [0.15, 0.2) is 16.5 Å². The minimum Gasteiger partial charge on any atom is -0.455 e. The number of nitrogens with one attached hydrogen (secondary N) is 1. The van der Waals surface area contributed by atoms with Gasteiger partial charge in [0, 0.05) is 19.6 Å². The van der Waals surface area contributed by atoms with Crippen molar-refractivity contribution >= 4 is 15.9 Å². The summed E-state index contributed by atoms with van der Waals surface area (Å²) in [4.78, 5) is 14.0. The highest BCUT2D eigenvalue weighted by Gasteiger charge is 2.26. The van der Waals surface area contributed by atoms with Crippen molar-refractivity contribution < 1.29 is 17.6 Å². The molecule has 118 valence electrons.